The van der Waals surface area contributed by atoms with E-state index < -0.39 is 0 Å². The minimum Gasteiger partial charge on any atom is -0.383 e. The van der Waals surface area contributed by atoms with Gasteiger partial charge < -0.3 is 16.0 Å². The van der Waals surface area contributed by atoms with Gasteiger partial charge >= 0.3 is 0 Å². The molecule has 20 heavy (non-hydrogen) atoms. The average Bonchev–Trinajstić information content (AvgIpc) is 2.48. The molecule has 1 aromatic carbocycles. The van der Waals surface area contributed by atoms with Gasteiger partial charge in [-0.05, 0) is 57.0 Å². The Morgan fingerprint density at radius 1 is 1.35 bits per heavy atom. The van der Waals surface area contributed by atoms with Gasteiger partial charge in [0.25, 0.3) is 5.91 Å². The lowest BCUT2D eigenvalue weighted by molar-refractivity contribution is 0.0963. The van der Waals surface area contributed by atoms with Crippen molar-refractivity contribution in [2.24, 2.45) is 0 Å². The maximum absolute atomic E-state index is 11.5. The van der Waals surface area contributed by atoms with Crippen LogP contribution in [0.1, 0.15) is 43.0 Å². The van der Waals surface area contributed by atoms with E-state index in [4.69, 9.17) is 0 Å². The van der Waals surface area contributed by atoms with E-state index in [-0.39, 0.29) is 5.91 Å². The van der Waals surface area contributed by atoms with Crippen molar-refractivity contribution >= 4 is 11.6 Å². The first-order valence-electron chi connectivity index (χ1n) is 7.51. The van der Waals surface area contributed by atoms with E-state index in [2.05, 4.69) is 22.9 Å². The molecule has 1 saturated heterocycles. The molecule has 0 saturated carbocycles. The molecule has 1 heterocycles. The summed E-state index contributed by atoms with van der Waals surface area (Å²) in [6, 6.07) is 8.71. The van der Waals surface area contributed by atoms with Crippen molar-refractivity contribution in [2.45, 2.75) is 44.7 Å². The van der Waals surface area contributed by atoms with Crippen molar-refractivity contribution in [3.63, 3.8) is 0 Å². The van der Waals surface area contributed by atoms with Crippen LogP contribution in [-0.2, 0) is 0 Å². The Hall–Kier alpha value is -1.55. The number of carbonyl (C=O) groups excluding carboxylic acids is 1. The summed E-state index contributed by atoms with van der Waals surface area (Å²) in [5, 5.41) is 9.70. The van der Waals surface area contributed by atoms with Crippen LogP contribution in [0.15, 0.2) is 24.3 Å². The molecule has 110 valence electrons. The van der Waals surface area contributed by atoms with Gasteiger partial charge in [-0.15, -0.1) is 0 Å². The van der Waals surface area contributed by atoms with Crippen LogP contribution in [0.5, 0.6) is 0 Å². The zero-order valence-electron chi connectivity index (χ0n) is 12.4. The Balaban J connectivity index is 1.84. The minimum absolute atomic E-state index is 0.0454. The molecule has 1 amide bonds. The van der Waals surface area contributed by atoms with Crippen molar-refractivity contribution in [1.82, 2.24) is 10.6 Å². The van der Waals surface area contributed by atoms with Gasteiger partial charge in [-0.25, -0.2) is 0 Å². The number of benzene rings is 1. The van der Waals surface area contributed by atoms with Crippen LogP contribution in [0, 0.1) is 0 Å². The lowest BCUT2D eigenvalue weighted by atomic mass is 9.98. The van der Waals surface area contributed by atoms with E-state index in [1.165, 1.54) is 19.3 Å². The third kappa shape index (κ3) is 4.23. The molecule has 3 N–H and O–H groups in total. The quantitative estimate of drug-likeness (QED) is 0.773. The van der Waals surface area contributed by atoms with Crippen LogP contribution in [0.2, 0.25) is 0 Å². The van der Waals surface area contributed by atoms with Crippen LogP contribution >= 0.6 is 0 Å². The molecule has 2 rings (SSSR count). The second-order valence-electron chi connectivity index (χ2n) is 5.58. The van der Waals surface area contributed by atoms with Gasteiger partial charge in [0, 0.05) is 30.4 Å². The normalized spacial score (nSPS) is 20.2. The number of nitrogens with one attached hydrogen (secondary N) is 3. The second kappa shape index (κ2) is 7.29. The number of amides is 1. The first kappa shape index (κ1) is 14.9. The van der Waals surface area contributed by atoms with Gasteiger partial charge in [-0.3, -0.25) is 4.79 Å². The summed E-state index contributed by atoms with van der Waals surface area (Å²) >= 11 is 0. The largest absolute Gasteiger partial charge is 0.383 e. The molecule has 0 radical (unpaired) electrons. The smallest absolute Gasteiger partial charge is 0.251 e. The summed E-state index contributed by atoms with van der Waals surface area (Å²) < 4.78 is 0. The van der Waals surface area contributed by atoms with Crippen molar-refractivity contribution in [3.05, 3.63) is 29.8 Å². The fourth-order valence-corrected chi connectivity index (χ4v) is 2.76. The van der Waals surface area contributed by atoms with E-state index in [0.717, 1.165) is 18.7 Å². The molecule has 1 aromatic rings. The van der Waals surface area contributed by atoms with Crippen molar-refractivity contribution in [1.29, 1.82) is 0 Å². The highest BCUT2D eigenvalue weighted by atomic mass is 16.1. The zero-order valence-corrected chi connectivity index (χ0v) is 12.4. The standard InChI is InChI=1S/C16H25N3O/c1-12(11-15-5-3-4-10-18-15)19-14-8-6-13(7-9-14)16(20)17-2/h6-9,12,15,18-19H,3-5,10-11H2,1-2H3,(H,17,20). The number of hydrogen-bond acceptors (Lipinski definition) is 3. The van der Waals surface area contributed by atoms with Crippen molar-refractivity contribution in [3.8, 4) is 0 Å². The summed E-state index contributed by atoms with van der Waals surface area (Å²) in [6.45, 7) is 3.36. The molecule has 1 fully saturated rings. The third-order valence-corrected chi connectivity index (χ3v) is 3.84. The fraction of sp³-hybridized carbons (Fsp3) is 0.562. The van der Waals surface area contributed by atoms with E-state index in [1.807, 2.05) is 24.3 Å². The summed E-state index contributed by atoms with van der Waals surface area (Å²) in [6.07, 6.45) is 5.06. The fourth-order valence-electron chi connectivity index (χ4n) is 2.76. The van der Waals surface area contributed by atoms with Crippen LogP contribution in [0.3, 0.4) is 0 Å². The van der Waals surface area contributed by atoms with Crippen molar-refractivity contribution < 1.29 is 4.79 Å². The lowest BCUT2D eigenvalue weighted by Gasteiger charge is -2.27. The average molecular weight is 275 g/mol. The van der Waals surface area contributed by atoms with Crippen LogP contribution in [-0.4, -0.2) is 31.6 Å². The molecule has 0 aliphatic carbocycles. The monoisotopic (exact) mass is 275 g/mol. The highest BCUT2D eigenvalue weighted by molar-refractivity contribution is 5.94. The molecule has 0 aromatic heterocycles. The highest BCUT2D eigenvalue weighted by Gasteiger charge is 2.15. The number of piperidine rings is 1. The van der Waals surface area contributed by atoms with E-state index in [1.54, 1.807) is 7.05 Å². The Labute approximate surface area is 121 Å². The molecule has 0 spiro atoms. The van der Waals surface area contributed by atoms with Gasteiger partial charge in [-0.1, -0.05) is 6.42 Å². The third-order valence-electron chi connectivity index (χ3n) is 3.84. The topological polar surface area (TPSA) is 53.2 Å². The van der Waals surface area contributed by atoms with Gasteiger partial charge in [0.15, 0.2) is 0 Å². The van der Waals surface area contributed by atoms with Gasteiger partial charge in [0.1, 0.15) is 0 Å². The summed E-state index contributed by atoms with van der Waals surface area (Å²) in [4.78, 5) is 11.5. The maximum Gasteiger partial charge on any atom is 0.251 e. The maximum atomic E-state index is 11.5. The number of rotatable bonds is 5. The predicted molar refractivity (Wildman–Crippen MR) is 83.2 cm³/mol. The molecular weight excluding hydrogens is 250 g/mol. The molecule has 4 heteroatoms. The number of hydrogen-bond donors (Lipinski definition) is 3. The Kier molecular flexibility index (Phi) is 5.41. The highest BCUT2D eigenvalue weighted by Crippen LogP contribution is 2.16. The first-order valence-corrected chi connectivity index (χ1v) is 7.51. The SMILES string of the molecule is CNC(=O)c1ccc(NC(C)CC2CCCCN2)cc1. The van der Waals surface area contributed by atoms with Crippen molar-refractivity contribution in [2.75, 3.05) is 18.9 Å². The molecule has 4 nitrogen and oxygen atoms in total. The lowest BCUT2D eigenvalue weighted by Crippen LogP contribution is -2.37. The van der Waals surface area contributed by atoms with Crippen LogP contribution in [0.25, 0.3) is 0 Å². The molecule has 0 bridgehead atoms. The second-order valence-corrected chi connectivity index (χ2v) is 5.58. The summed E-state index contributed by atoms with van der Waals surface area (Å²) in [7, 11) is 1.65. The Morgan fingerprint density at radius 2 is 2.10 bits per heavy atom. The Bertz CT molecular complexity index is 424. The van der Waals surface area contributed by atoms with Crippen LogP contribution in [0.4, 0.5) is 5.69 Å². The zero-order chi connectivity index (χ0) is 14.4. The number of anilines is 1. The molecule has 1 aliphatic heterocycles. The Morgan fingerprint density at radius 3 is 2.70 bits per heavy atom. The van der Waals surface area contributed by atoms with Gasteiger partial charge in [0.05, 0.1) is 0 Å². The van der Waals surface area contributed by atoms with E-state index in [0.29, 0.717) is 17.6 Å². The first-order chi connectivity index (χ1) is 9.69. The minimum atomic E-state index is -0.0454. The van der Waals surface area contributed by atoms with Gasteiger partial charge in [-0.2, -0.15) is 0 Å². The summed E-state index contributed by atoms with van der Waals surface area (Å²) in [5.41, 5.74) is 1.76. The van der Waals surface area contributed by atoms with E-state index in [9.17, 15) is 4.79 Å². The molecular formula is C16H25N3O. The summed E-state index contributed by atoms with van der Waals surface area (Å²) in [5.74, 6) is -0.0454. The number of carbonyl (C=O) groups is 1. The molecule has 2 atom stereocenters. The predicted octanol–water partition coefficient (Wildman–Crippen LogP) is 2.38. The molecule has 1 aliphatic rings. The molecule has 2 unspecified atom stereocenters. The van der Waals surface area contributed by atoms with Crippen LogP contribution < -0.4 is 16.0 Å². The van der Waals surface area contributed by atoms with E-state index >= 15 is 0 Å². The van der Waals surface area contributed by atoms with Gasteiger partial charge in [0.2, 0.25) is 0 Å².